The first kappa shape index (κ1) is 12.0. The van der Waals surface area contributed by atoms with Crippen LogP contribution in [0.3, 0.4) is 0 Å². The summed E-state index contributed by atoms with van der Waals surface area (Å²) in [5, 5.41) is 11.5. The third-order valence-electron chi connectivity index (χ3n) is 3.17. The van der Waals surface area contributed by atoms with Gasteiger partial charge in [0, 0.05) is 6.54 Å². The van der Waals surface area contributed by atoms with Gasteiger partial charge in [0.15, 0.2) is 0 Å². The SMILES string of the molecule is CC(C)(C(=O)O)C(=O)NCCC1CCC1. The molecule has 0 aromatic carbocycles. The summed E-state index contributed by atoms with van der Waals surface area (Å²) in [7, 11) is 0. The number of carboxylic acids is 1. The highest BCUT2D eigenvalue weighted by atomic mass is 16.4. The summed E-state index contributed by atoms with van der Waals surface area (Å²) >= 11 is 0. The highest BCUT2D eigenvalue weighted by Crippen LogP contribution is 2.28. The Morgan fingerprint density at radius 2 is 2.00 bits per heavy atom. The van der Waals surface area contributed by atoms with E-state index in [4.69, 9.17) is 5.11 Å². The van der Waals surface area contributed by atoms with E-state index in [0.717, 1.165) is 12.3 Å². The Labute approximate surface area is 90.0 Å². The number of carbonyl (C=O) groups excluding carboxylic acids is 1. The molecule has 0 bridgehead atoms. The molecule has 1 rings (SSSR count). The number of carbonyl (C=O) groups is 2. The Balaban J connectivity index is 2.25. The zero-order chi connectivity index (χ0) is 11.5. The lowest BCUT2D eigenvalue weighted by molar-refractivity contribution is -0.153. The van der Waals surface area contributed by atoms with Crippen molar-refractivity contribution in [3.63, 3.8) is 0 Å². The van der Waals surface area contributed by atoms with E-state index in [2.05, 4.69) is 5.32 Å². The average molecular weight is 213 g/mol. The predicted octanol–water partition coefficient (Wildman–Crippen LogP) is 1.40. The molecule has 4 heteroatoms. The smallest absolute Gasteiger partial charge is 0.318 e. The van der Waals surface area contributed by atoms with Gasteiger partial charge in [0.1, 0.15) is 5.41 Å². The fraction of sp³-hybridized carbons (Fsp3) is 0.818. The highest BCUT2D eigenvalue weighted by Gasteiger charge is 2.35. The molecule has 1 amide bonds. The Hall–Kier alpha value is -1.06. The summed E-state index contributed by atoms with van der Waals surface area (Å²) in [6.45, 7) is 3.45. The van der Waals surface area contributed by atoms with Crippen LogP contribution in [0.1, 0.15) is 39.5 Å². The summed E-state index contributed by atoms with van der Waals surface area (Å²) in [6.07, 6.45) is 4.76. The van der Waals surface area contributed by atoms with Crippen molar-refractivity contribution in [2.45, 2.75) is 39.5 Å². The lowest BCUT2D eigenvalue weighted by atomic mass is 9.83. The maximum atomic E-state index is 11.5. The van der Waals surface area contributed by atoms with Crippen molar-refractivity contribution < 1.29 is 14.7 Å². The molecule has 0 saturated heterocycles. The number of aliphatic carboxylic acids is 1. The second-order valence-electron chi connectivity index (χ2n) is 4.77. The first-order valence-electron chi connectivity index (χ1n) is 5.46. The van der Waals surface area contributed by atoms with E-state index in [1.54, 1.807) is 0 Å². The van der Waals surface area contributed by atoms with Crippen molar-refractivity contribution in [3.05, 3.63) is 0 Å². The fourth-order valence-electron chi connectivity index (χ4n) is 1.49. The molecule has 0 radical (unpaired) electrons. The van der Waals surface area contributed by atoms with Crippen LogP contribution in [0.25, 0.3) is 0 Å². The van der Waals surface area contributed by atoms with Crippen LogP contribution in [-0.4, -0.2) is 23.5 Å². The number of nitrogens with one attached hydrogen (secondary N) is 1. The molecule has 15 heavy (non-hydrogen) atoms. The second-order valence-corrected chi connectivity index (χ2v) is 4.77. The highest BCUT2D eigenvalue weighted by molar-refractivity contribution is 6.00. The Kier molecular flexibility index (Phi) is 3.72. The van der Waals surface area contributed by atoms with Gasteiger partial charge >= 0.3 is 5.97 Å². The minimum atomic E-state index is -1.32. The number of hydrogen-bond acceptors (Lipinski definition) is 2. The van der Waals surface area contributed by atoms with Crippen LogP contribution in [0.4, 0.5) is 0 Å². The molecule has 0 aliphatic heterocycles. The van der Waals surface area contributed by atoms with E-state index >= 15 is 0 Å². The van der Waals surface area contributed by atoms with Crippen molar-refractivity contribution in [3.8, 4) is 0 Å². The van der Waals surface area contributed by atoms with Crippen LogP contribution in [-0.2, 0) is 9.59 Å². The van der Waals surface area contributed by atoms with Gasteiger partial charge in [-0.15, -0.1) is 0 Å². The van der Waals surface area contributed by atoms with Gasteiger partial charge in [-0.25, -0.2) is 0 Å². The molecule has 0 atom stereocenters. The zero-order valence-electron chi connectivity index (χ0n) is 9.38. The lowest BCUT2D eigenvalue weighted by Crippen LogP contribution is -2.43. The predicted molar refractivity (Wildman–Crippen MR) is 56.4 cm³/mol. The van der Waals surface area contributed by atoms with Crippen molar-refractivity contribution >= 4 is 11.9 Å². The summed E-state index contributed by atoms with van der Waals surface area (Å²) in [5.74, 6) is -0.740. The molecule has 2 N–H and O–H groups in total. The summed E-state index contributed by atoms with van der Waals surface area (Å²) in [5.41, 5.74) is -1.32. The number of rotatable bonds is 5. The molecule has 1 aliphatic carbocycles. The molecule has 1 aliphatic rings. The molecule has 4 nitrogen and oxygen atoms in total. The monoisotopic (exact) mass is 213 g/mol. The van der Waals surface area contributed by atoms with Gasteiger partial charge in [0.05, 0.1) is 0 Å². The van der Waals surface area contributed by atoms with Gasteiger partial charge in [-0.2, -0.15) is 0 Å². The van der Waals surface area contributed by atoms with Crippen LogP contribution in [0.2, 0.25) is 0 Å². The third kappa shape index (κ3) is 2.94. The van der Waals surface area contributed by atoms with E-state index in [1.807, 2.05) is 0 Å². The van der Waals surface area contributed by atoms with Crippen LogP contribution in [0.5, 0.6) is 0 Å². The summed E-state index contributed by atoms with van der Waals surface area (Å²) < 4.78 is 0. The standard InChI is InChI=1S/C11H19NO3/c1-11(2,10(14)15)9(13)12-7-6-8-4-3-5-8/h8H,3-7H2,1-2H3,(H,12,13)(H,14,15). The number of amides is 1. The topological polar surface area (TPSA) is 66.4 Å². The third-order valence-corrected chi connectivity index (χ3v) is 3.17. The average Bonchev–Trinajstić information content (AvgIpc) is 2.08. The zero-order valence-corrected chi connectivity index (χ0v) is 9.38. The number of hydrogen-bond donors (Lipinski definition) is 2. The van der Waals surface area contributed by atoms with E-state index in [-0.39, 0.29) is 0 Å². The van der Waals surface area contributed by atoms with Crippen LogP contribution in [0, 0.1) is 11.3 Å². The van der Waals surface area contributed by atoms with E-state index in [9.17, 15) is 9.59 Å². The van der Waals surface area contributed by atoms with Gasteiger partial charge < -0.3 is 10.4 Å². The van der Waals surface area contributed by atoms with Gasteiger partial charge in [-0.3, -0.25) is 9.59 Å². The first-order valence-corrected chi connectivity index (χ1v) is 5.46. The normalized spacial score (nSPS) is 16.9. The molecular formula is C11H19NO3. The van der Waals surface area contributed by atoms with Crippen LogP contribution >= 0.6 is 0 Å². The lowest BCUT2D eigenvalue weighted by Gasteiger charge is -2.26. The summed E-state index contributed by atoms with van der Waals surface area (Å²) in [4.78, 5) is 22.3. The molecule has 0 aromatic rings. The van der Waals surface area contributed by atoms with Crippen LogP contribution < -0.4 is 5.32 Å². The second kappa shape index (κ2) is 4.64. The van der Waals surface area contributed by atoms with Gasteiger partial charge in [0.25, 0.3) is 0 Å². The van der Waals surface area contributed by atoms with Crippen molar-refractivity contribution in [1.29, 1.82) is 0 Å². The van der Waals surface area contributed by atoms with Gasteiger partial charge in [-0.1, -0.05) is 19.3 Å². The van der Waals surface area contributed by atoms with E-state index in [1.165, 1.54) is 33.1 Å². The number of carboxylic acid groups (broad SMARTS) is 1. The minimum absolute atomic E-state index is 0.394. The molecule has 1 fully saturated rings. The maximum Gasteiger partial charge on any atom is 0.318 e. The largest absolute Gasteiger partial charge is 0.480 e. The Morgan fingerprint density at radius 3 is 2.40 bits per heavy atom. The minimum Gasteiger partial charge on any atom is -0.480 e. The molecule has 1 saturated carbocycles. The van der Waals surface area contributed by atoms with Gasteiger partial charge in [-0.05, 0) is 26.2 Å². The summed E-state index contributed by atoms with van der Waals surface area (Å²) in [6, 6.07) is 0. The van der Waals surface area contributed by atoms with Gasteiger partial charge in [0.2, 0.25) is 5.91 Å². The first-order chi connectivity index (χ1) is 6.94. The quantitative estimate of drug-likeness (QED) is 0.678. The molecule has 0 spiro atoms. The molecule has 0 heterocycles. The van der Waals surface area contributed by atoms with Crippen molar-refractivity contribution in [1.82, 2.24) is 5.32 Å². The molecular weight excluding hydrogens is 194 g/mol. The molecule has 0 aromatic heterocycles. The Bertz CT molecular complexity index is 257. The Morgan fingerprint density at radius 1 is 1.40 bits per heavy atom. The van der Waals surface area contributed by atoms with E-state index in [0.29, 0.717) is 6.54 Å². The van der Waals surface area contributed by atoms with Crippen molar-refractivity contribution in [2.24, 2.45) is 11.3 Å². The van der Waals surface area contributed by atoms with Crippen LogP contribution in [0.15, 0.2) is 0 Å². The fourth-order valence-corrected chi connectivity index (χ4v) is 1.49. The maximum absolute atomic E-state index is 11.5. The molecule has 86 valence electrons. The molecule has 0 unspecified atom stereocenters. The van der Waals surface area contributed by atoms with E-state index < -0.39 is 17.3 Å². The van der Waals surface area contributed by atoms with Crippen molar-refractivity contribution in [2.75, 3.05) is 6.54 Å².